The van der Waals surface area contributed by atoms with Crippen LogP contribution in [0.1, 0.15) is 18.7 Å². The predicted molar refractivity (Wildman–Crippen MR) is 54.8 cm³/mol. The molecule has 14 heavy (non-hydrogen) atoms. The van der Waals surface area contributed by atoms with Gasteiger partial charge in [-0.1, -0.05) is 0 Å². The van der Waals surface area contributed by atoms with Crippen molar-refractivity contribution in [1.29, 1.82) is 0 Å². The second-order valence-electron chi connectivity index (χ2n) is 3.04. The lowest BCUT2D eigenvalue weighted by atomic mass is 10.3. The third-order valence-electron chi connectivity index (χ3n) is 1.73. The van der Waals surface area contributed by atoms with Gasteiger partial charge < -0.3 is 10.0 Å². The summed E-state index contributed by atoms with van der Waals surface area (Å²) >= 11 is 1.33. The summed E-state index contributed by atoms with van der Waals surface area (Å²) in [6, 6.07) is 0. The summed E-state index contributed by atoms with van der Waals surface area (Å²) in [7, 11) is 1.89. The Labute approximate surface area is 86.6 Å². The first-order valence-corrected chi connectivity index (χ1v) is 5.10. The molecule has 0 unspecified atom stereocenters. The summed E-state index contributed by atoms with van der Waals surface area (Å²) in [6.07, 6.45) is 0.826. The monoisotopic (exact) mass is 215 g/mol. The number of rotatable bonds is 5. The Kier molecular flexibility index (Phi) is 3.82. The van der Waals surface area contributed by atoms with Gasteiger partial charge in [0.05, 0.1) is 0 Å². The molecular weight excluding hydrogens is 202 g/mol. The van der Waals surface area contributed by atoms with Gasteiger partial charge in [-0.05, 0) is 13.3 Å². The molecule has 6 heteroatoms. The van der Waals surface area contributed by atoms with Crippen LogP contribution in [0.25, 0.3) is 0 Å². The lowest BCUT2D eigenvalue weighted by molar-refractivity contribution is -0.137. The summed E-state index contributed by atoms with van der Waals surface area (Å²) < 4.78 is 4.05. The second kappa shape index (κ2) is 4.90. The lowest BCUT2D eigenvalue weighted by Gasteiger charge is -2.13. The van der Waals surface area contributed by atoms with Crippen LogP contribution < -0.4 is 4.90 Å². The summed E-state index contributed by atoms with van der Waals surface area (Å²) in [6.45, 7) is 2.53. The van der Waals surface area contributed by atoms with Crippen LogP contribution in [-0.4, -0.2) is 34.0 Å². The summed E-state index contributed by atoms with van der Waals surface area (Å²) in [4.78, 5) is 16.4. The first-order valence-electron chi connectivity index (χ1n) is 4.33. The van der Waals surface area contributed by atoms with Crippen LogP contribution in [0, 0.1) is 6.92 Å². The fourth-order valence-corrected chi connectivity index (χ4v) is 1.66. The van der Waals surface area contributed by atoms with Crippen molar-refractivity contribution >= 4 is 22.6 Å². The molecule has 5 nitrogen and oxygen atoms in total. The van der Waals surface area contributed by atoms with Gasteiger partial charge in [-0.2, -0.15) is 4.37 Å². The molecule has 0 spiro atoms. The zero-order valence-corrected chi connectivity index (χ0v) is 9.04. The largest absolute Gasteiger partial charge is 0.481 e. The normalized spacial score (nSPS) is 10.1. The molecule has 0 aliphatic heterocycles. The van der Waals surface area contributed by atoms with Gasteiger partial charge in [0.25, 0.3) is 0 Å². The lowest BCUT2D eigenvalue weighted by Crippen LogP contribution is -2.19. The summed E-state index contributed by atoms with van der Waals surface area (Å²) in [5.74, 6) is 0.00179. The van der Waals surface area contributed by atoms with Gasteiger partial charge in [0.15, 0.2) is 0 Å². The molecule has 1 aromatic rings. The van der Waals surface area contributed by atoms with Crippen LogP contribution in [-0.2, 0) is 4.79 Å². The maximum atomic E-state index is 10.3. The highest BCUT2D eigenvalue weighted by Gasteiger charge is 2.06. The Hall–Kier alpha value is -1.17. The molecule has 0 fully saturated rings. The van der Waals surface area contributed by atoms with Crippen LogP contribution in [0.15, 0.2) is 0 Å². The maximum absolute atomic E-state index is 10.3. The molecule has 0 atom stereocenters. The van der Waals surface area contributed by atoms with Gasteiger partial charge in [0, 0.05) is 31.5 Å². The highest BCUT2D eigenvalue weighted by atomic mass is 32.1. The van der Waals surface area contributed by atoms with E-state index in [1.54, 1.807) is 0 Å². The van der Waals surface area contributed by atoms with Gasteiger partial charge >= 0.3 is 5.97 Å². The van der Waals surface area contributed by atoms with Crippen molar-refractivity contribution in [1.82, 2.24) is 9.36 Å². The Morgan fingerprint density at radius 1 is 1.64 bits per heavy atom. The van der Waals surface area contributed by atoms with Crippen molar-refractivity contribution in [3.8, 4) is 0 Å². The fourth-order valence-electron chi connectivity index (χ4n) is 1.00. The van der Waals surface area contributed by atoms with Crippen LogP contribution in [0.3, 0.4) is 0 Å². The molecule has 0 saturated heterocycles. The van der Waals surface area contributed by atoms with E-state index in [2.05, 4.69) is 9.36 Å². The SMILES string of the molecule is Cc1nsc(N(C)CCCC(=O)O)n1. The first-order chi connectivity index (χ1) is 6.59. The maximum Gasteiger partial charge on any atom is 0.303 e. The zero-order valence-electron chi connectivity index (χ0n) is 8.23. The molecule has 0 bridgehead atoms. The number of carboxylic acid groups (broad SMARTS) is 1. The fraction of sp³-hybridized carbons (Fsp3) is 0.625. The van der Waals surface area contributed by atoms with Gasteiger partial charge in [0.2, 0.25) is 5.13 Å². The van der Waals surface area contributed by atoms with E-state index in [0.29, 0.717) is 13.0 Å². The predicted octanol–water partition coefficient (Wildman–Crippen LogP) is 1.15. The average Bonchev–Trinajstić information content (AvgIpc) is 2.51. The van der Waals surface area contributed by atoms with E-state index in [-0.39, 0.29) is 6.42 Å². The molecule has 0 aliphatic carbocycles. The third kappa shape index (κ3) is 3.29. The molecule has 1 N–H and O–H groups in total. The van der Waals surface area contributed by atoms with Crippen molar-refractivity contribution in [2.75, 3.05) is 18.5 Å². The van der Waals surface area contributed by atoms with Crippen LogP contribution in [0.2, 0.25) is 0 Å². The number of carboxylic acids is 1. The van der Waals surface area contributed by atoms with Crippen molar-refractivity contribution in [2.45, 2.75) is 19.8 Å². The molecule has 0 amide bonds. The molecule has 0 aliphatic rings. The van der Waals surface area contributed by atoms with Crippen molar-refractivity contribution in [2.24, 2.45) is 0 Å². The van der Waals surface area contributed by atoms with Crippen LogP contribution in [0.4, 0.5) is 5.13 Å². The minimum absolute atomic E-state index is 0.197. The Morgan fingerprint density at radius 3 is 2.86 bits per heavy atom. The van der Waals surface area contributed by atoms with Crippen molar-refractivity contribution in [3.63, 3.8) is 0 Å². The molecule has 0 aromatic carbocycles. The molecule has 1 rings (SSSR count). The first kappa shape index (κ1) is 10.9. The molecule has 78 valence electrons. The van der Waals surface area contributed by atoms with Gasteiger partial charge in [-0.25, -0.2) is 4.98 Å². The standard InChI is InChI=1S/C8H13N3O2S/c1-6-9-8(14-10-6)11(2)5-3-4-7(12)13/h3-5H2,1-2H3,(H,12,13). The van der Waals surface area contributed by atoms with E-state index in [1.807, 2.05) is 18.9 Å². The van der Waals surface area contributed by atoms with E-state index in [0.717, 1.165) is 11.0 Å². The van der Waals surface area contributed by atoms with E-state index in [1.165, 1.54) is 11.5 Å². The van der Waals surface area contributed by atoms with E-state index in [9.17, 15) is 4.79 Å². The molecule has 1 heterocycles. The Morgan fingerprint density at radius 2 is 2.36 bits per heavy atom. The smallest absolute Gasteiger partial charge is 0.303 e. The number of hydrogen-bond acceptors (Lipinski definition) is 5. The highest BCUT2D eigenvalue weighted by molar-refractivity contribution is 7.09. The van der Waals surface area contributed by atoms with Crippen molar-refractivity contribution in [3.05, 3.63) is 5.82 Å². The highest BCUT2D eigenvalue weighted by Crippen LogP contribution is 2.15. The quantitative estimate of drug-likeness (QED) is 0.798. The van der Waals surface area contributed by atoms with Crippen LogP contribution in [0.5, 0.6) is 0 Å². The van der Waals surface area contributed by atoms with Gasteiger partial charge in [-0.3, -0.25) is 4.79 Å². The minimum atomic E-state index is -0.758. The Balaban J connectivity index is 2.35. The van der Waals surface area contributed by atoms with Gasteiger partial charge in [-0.15, -0.1) is 0 Å². The van der Waals surface area contributed by atoms with E-state index in [4.69, 9.17) is 5.11 Å². The van der Waals surface area contributed by atoms with Gasteiger partial charge in [0.1, 0.15) is 5.82 Å². The average molecular weight is 215 g/mol. The van der Waals surface area contributed by atoms with E-state index < -0.39 is 5.97 Å². The van der Waals surface area contributed by atoms with Crippen LogP contribution >= 0.6 is 11.5 Å². The number of nitrogens with zero attached hydrogens (tertiary/aromatic N) is 3. The molecule has 0 radical (unpaired) electrons. The topological polar surface area (TPSA) is 66.3 Å². The number of carbonyl (C=O) groups is 1. The minimum Gasteiger partial charge on any atom is -0.481 e. The number of hydrogen-bond donors (Lipinski definition) is 1. The summed E-state index contributed by atoms with van der Waals surface area (Å²) in [5, 5.41) is 9.30. The van der Waals surface area contributed by atoms with E-state index >= 15 is 0 Å². The second-order valence-corrected chi connectivity index (χ2v) is 3.77. The number of aliphatic carboxylic acids is 1. The molecule has 0 saturated carbocycles. The summed E-state index contributed by atoms with van der Waals surface area (Å²) in [5.41, 5.74) is 0. The Bertz CT molecular complexity index is 313. The number of aromatic nitrogens is 2. The third-order valence-corrected chi connectivity index (χ3v) is 2.65. The van der Waals surface area contributed by atoms with Crippen molar-refractivity contribution < 1.29 is 9.90 Å². The zero-order chi connectivity index (χ0) is 10.6. The number of aryl methyl sites for hydroxylation is 1. The molecular formula is C8H13N3O2S. The number of anilines is 1. The molecule has 1 aromatic heterocycles.